The first-order valence-electron chi connectivity index (χ1n) is 8.09. The minimum atomic E-state index is -0.511. The van der Waals surface area contributed by atoms with Gasteiger partial charge in [0.1, 0.15) is 5.60 Å². The number of furan rings is 1. The van der Waals surface area contributed by atoms with Crippen molar-refractivity contribution in [3.63, 3.8) is 0 Å². The highest BCUT2D eigenvalue weighted by Gasteiger charge is 2.27. The van der Waals surface area contributed by atoms with Gasteiger partial charge in [0.25, 0.3) is 5.91 Å². The predicted octanol–water partition coefficient (Wildman–Crippen LogP) is 3.15. The zero-order valence-electron chi connectivity index (χ0n) is 14.3. The molecule has 6 heteroatoms. The molecule has 0 aliphatic heterocycles. The minimum absolute atomic E-state index is 0.0154. The van der Waals surface area contributed by atoms with E-state index in [1.165, 1.54) is 6.26 Å². The molecule has 1 fully saturated rings. The molecule has 2 rings (SSSR count). The molecule has 128 valence electrons. The quantitative estimate of drug-likeness (QED) is 0.896. The van der Waals surface area contributed by atoms with Gasteiger partial charge in [-0.3, -0.25) is 4.79 Å². The van der Waals surface area contributed by atoms with Crippen LogP contribution < -0.4 is 10.6 Å². The van der Waals surface area contributed by atoms with Crippen molar-refractivity contribution in [2.24, 2.45) is 0 Å². The molecule has 0 saturated heterocycles. The molecule has 2 atom stereocenters. The number of ether oxygens (including phenoxy) is 1. The molecule has 0 unspecified atom stereocenters. The molecule has 0 bridgehead atoms. The molecular weight excluding hydrogens is 296 g/mol. The Morgan fingerprint density at radius 3 is 2.43 bits per heavy atom. The van der Waals surface area contributed by atoms with Gasteiger partial charge in [-0.15, -0.1) is 0 Å². The van der Waals surface area contributed by atoms with E-state index in [1.807, 2.05) is 27.7 Å². The van der Waals surface area contributed by atoms with Gasteiger partial charge in [0.15, 0.2) is 5.76 Å². The fraction of sp³-hybridized carbons (Fsp3) is 0.647. The third kappa shape index (κ3) is 5.30. The van der Waals surface area contributed by atoms with Crippen LogP contribution >= 0.6 is 0 Å². The molecule has 0 aromatic carbocycles. The molecule has 0 radical (unpaired) electrons. The summed E-state index contributed by atoms with van der Waals surface area (Å²) in [6, 6.07) is 1.81. The molecule has 23 heavy (non-hydrogen) atoms. The van der Waals surface area contributed by atoms with E-state index in [-0.39, 0.29) is 18.0 Å². The third-order valence-electron chi connectivity index (χ3n) is 3.80. The maximum absolute atomic E-state index is 12.2. The molecule has 0 spiro atoms. The van der Waals surface area contributed by atoms with Crippen LogP contribution in [0.15, 0.2) is 16.7 Å². The molecular formula is C17H26N2O4. The van der Waals surface area contributed by atoms with Gasteiger partial charge >= 0.3 is 6.09 Å². The van der Waals surface area contributed by atoms with E-state index in [4.69, 9.17) is 9.15 Å². The van der Waals surface area contributed by atoms with Crippen LogP contribution in [0.2, 0.25) is 0 Å². The van der Waals surface area contributed by atoms with Gasteiger partial charge in [-0.25, -0.2) is 4.79 Å². The summed E-state index contributed by atoms with van der Waals surface area (Å²) < 4.78 is 10.5. The van der Waals surface area contributed by atoms with Crippen LogP contribution in [0.3, 0.4) is 0 Å². The summed E-state index contributed by atoms with van der Waals surface area (Å²) in [7, 11) is 0. The van der Waals surface area contributed by atoms with Crippen molar-refractivity contribution in [3.05, 3.63) is 23.7 Å². The van der Waals surface area contributed by atoms with Gasteiger partial charge in [-0.1, -0.05) is 0 Å². The highest BCUT2D eigenvalue weighted by atomic mass is 16.6. The number of amides is 2. The van der Waals surface area contributed by atoms with Crippen LogP contribution in [-0.2, 0) is 4.74 Å². The standard InChI is InChI=1S/C17H26N2O4/c1-11-8-9-22-14(11)15(20)18-12-6-5-7-13(10-12)19-16(21)23-17(2,3)4/h8-9,12-13H,5-7,10H2,1-4H3,(H,18,20)(H,19,21)/t12-,13+/m0/s1. The Kier molecular flexibility index (Phi) is 5.34. The number of hydrogen-bond acceptors (Lipinski definition) is 4. The van der Waals surface area contributed by atoms with Crippen molar-refractivity contribution in [3.8, 4) is 0 Å². The average Bonchev–Trinajstić information content (AvgIpc) is 2.83. The predicted molar refractivity (Wildman–Crippen MR) is 86.3 cm³/mol. The largest absolute Gasteiger partial charge is 0.459 e. The summed E-state index contributed by atoms with van der Waals surface area (Å²) in [5.74, 6) is 0.155. The van der Waals surface area contributed by atoms with Gasteiger partial charge in [0.2, 0.25) is 0 Å². The Balaban J connectivity index is 1.85. The Bertz CT molecular complexity index is 559. The summed E-state index contributed by atoms with van der Waals surface area (Å²) in [5.41, 5.74) is 0.310. The lowest BCUT2D eigenvalue weighted by Crippen LogP contribution is -2.46. The first-order valence-corrected chi connectivity index (χ1v) is 8.09. The fourth-order valence-electron chi connectivity index (χ4n) is 2.78. The lowest BCUT2D eigenvalue weighted by Gasteiger charge is -2.31. The second-order valence-corrected chi connectivity index (χ2v) is 7.11. The average molecular weight is 322 g/mol. The highest BCUT2D eigenvalue weighted by molar-refractivity contribution is 5.93. The zero-order chi connectivity index (χ0) is 17.0. The Labute approximate surface area is 137 Å². The number of aryl methyl sites for hydroxylation is 1. The zero-order valence-corrected chi connectivity index (χ0v) is 14.3. The maximum atomic E-state index is 12.2. The molecule has 1 aliphatic carbocycles. The first-order chi connectivity index (χ1) is 10.7. The number of nitrogens with one attached hydrogen (secondary N) is 2. The molecule has 6 nitrogen and oxygen atoms in total. The van der Waals surface area contributed by atoms with Crippen LogP contribution in [0.25, 0.3) is 0 Å². The lowest BCUT2D eigenvalue weighted by atomic mass is 9.91. The molecule has 1 aliphatic rings. The van der Waals surface area contributed by atoms with Crippen molar-refractivity contribution in [1.29, 1.82) is 0 Å². The van der Waals surface area contributed by atoms with E-state index in [9.17, 15) is 9.59 Å². The van der Waals surface area contributed by atoms with E-state index < -0.39 is 11.7 Å². The van der Waals surface area contributed by atoms with Gasteiger partial charge < -0.3 is 19.8 Å². The minimum Gasteiger partial charge on any atom is -0.459 e. The first kappa shape index (κ1) is 17.4. The lowest BCUT2D eigenvalue weighted by molar-refractivity contribution is 0.0489. The van der Waals surface area contributed by atoms with Crippen LogP contribution in [0.5, 0.6) is 0 Å². The van der Waals surface area contributed by atoms with Crippen LogP contribution in [-0.4, -0.2) is 29.7 Å². The van der Waals surface area contributed by atoms with E-state index in [0.717, 1.165) is 24.8 Å². The normalized spacial score (nSPS) is 21.6. The van der Waals surface area contributed by atoms with Crippen molar-refractivity contribution in [1.82, 2.24) is 10.6 Å². The number of hydrogen-bond donors (Lipinski definition) is 2. The van der Waals surface area contributed by atoms with Gasteiger partial charge in [-0.2, -0.15) is 0 Å². The number of alkyl carbamates (subject to hydrolysis) is 1. The topological polar surface area (TPSA) is 80.6 Å². The fourth-order valence-corrected chi connectivity index (χ4v) is 2.78. The summed E-state index contributed by atoms with van der Waals surface area (Å²) in [5, 5.41) is 5.88. The smallest absolute Gasteiger partial charge is 0.407 e. The SMILES string of the molecule is Cc1ccoc1C(=O)N[C@H]1CCC[C@@H](NC(=O)OC(C)(C)C)C1. The number of carbonyl (C=O) groups excluding carboxylic acids is 2. The van der Waals surface area contributed by atoms with Crippen LogP contribution in [0.4, 0.5) is 4.79 Å². The Morgan fingerprint density at radius 2 is 1.87 bits per heavy atom. The summed E-state index contributed by atoms with van der Waals surface area (Å²) >= 11 is 0. The van der Waals surface area contributed by atoms with Crippen LogP contribution in [0.1, 0.15) is 62.6 Å². The van der Waals surface area contributed by atoms with E-state index >= 15 is 0 Å². The molecule has 1 saturated carbocycles. The highest BCUT2D eigenvalue weighted by Crippen LogP contribution is 2.20. The van der Waals surface area contributed by atoms with E-state index in [1.54, 1.807) is 6.07 Å². The number of rotatable bonds is 3. The van der Waals surface area contributed by atoms with Gasteiger partial charge in [0, 0.05) is 17.6 Å². The van der Waals surface area contributed by atoms with Gasteiger partial charge in [0.05, 0.1) is 6.26 Å². The number of carbonyl (C=O) groups is 2. The van der Waals surface area contributed by atoms with Crippen molar-refractivity contribution < 1.29 is 18.7 Å². The van der Waals surface area contributed by atoms with Crippen molar-refractivity contribution in [2.75, 3.05) is 0 Å². The monoisotopic (exact) mass is 322 g/mol. The Hall–Kier alpha value is -1.98. The summed E-state index contributed by atoms with van der Waals surface area (Å²) in [6.45, 7) is 7.35. The van der Waals surface area contributed by atoms with Gasteiger partial charge in [-0.05, 0) is 59.4 Å². The Morgan fingerprint density at radius 1 is 1.22 bits per heavy atom. The van der Waals surface area contributed by atoms with Crippen molar-refractivity contribution in [2.45, 2.75) is 71.1 Å². The summed E-state index contributed by atoms with van der Waals surface area (Å²) in [6.07, 6.45) is 4.55. The molecule has 1 heterocycles. The second kappa shape index (κ2) is 7.06. The van der Waals surface area contributed by atoms with E-state index in [2.05, 4.69) is 10.6 Å². The molecule has 2 N–H and O–H groups in total. The maximum Gasteiger partial charge on any atom is 0.407 e. The second-order valence-electron chi connectivity index (χ2n) is 7.11. The molecule has 1 aromatic heterocycles. The third-order valence-corrected chi connectivity index (χ3v) is 3.80. The summed E-state index contributed by atoms with van der Waals surface area (Å²) in [4.78, 5) is 24.0. The molecule has 1 aromatic rings. The van der Waals surface area contributed by atoms with Crippen molar-refractivity contribution >= 4 is 12.0 Å². The molecule has 2 amide bonds. The van der Waals surface area contributed by atoms with Crippen LogP contribution in [0, 0.1) is 6.92 Å². The van der Waals surface area contributed by atoms with E-state index in [0.29, 0.717) is 12.2 Å².